The number of amides is 2. The molecule has 1 fully saturated rings. The Balaban J connectivity index is 1.28. The van der Waals surface area contributed by atoms with E-state index in [9.17, 15) is 19.5 Å². The predicted octanol–water partition coefficient (Wildman–Crippen LogP) is 3.86. The maximum Gasteiger partial charge on any atom is 0.494 e. The van der Waals surface area contributed by atoms with Gasteiger partial charge in [-0.15, -0.1) is 0 Å². The highest BCUT2D eigenvalue weighted by Gasteiger charge is 2.51. The van der Waals surface area contributed by atoms with Crippen molar-refractivity contribution >= 4 is 30.6 Å². The van der Waals surface area contributed by atoms with Crippen LogP contribution in [0.5, 0.6) is 0 Å². The molecule has 43 heavy (non-hydrogen) atoms. The molecule has 0 spiro atoms. The van der Waals surface area contributed by atoms with E-state index in [1.165, 1.54) is 4.90 Å². The van der Waals surface area contributed by atoms with Gasteiger partial charge in [0.15, 0.2) is 0 Å². The summed E-state index contributed by atoms with van der Waals surface area (Å²) in [6.07, 6.45) is -0.326. The van der Waals surface area contributed by atoms with E-state index >= 15 is 0 Å². The van der Waals surface area contributed by atoms with Gasteiger partial charge in [0, 0.05) is 12.8 Å². The van der Waals surface area contributed by atoms with Crippen LogP contribution in [0.25, 0.3) is 0 Å². The normalized spacial score (nSPS) is 19.3. The molecule has 2 heterocycles. The van der Waals surface area contributed by atoms with Gasteiger partial charge in [0.2, 0.25) is 5.91 Å². The van der Waals surface area contributed by atoms with Gasteiger partial charge in [-0.3, -0.25) is 9.69 Å². The van der Waals surface area contributed by atoms with Crippen molar-refractivity contribution in [1.82, 2.24) is 10.2 Å². The van der Waals surface area contributed by atoms with Crippen molar-refractivity contribution in [2.45, 2.75) is 77.0 Å². The third-order valence-electron chi connectivity index (χ3n) is 8.55. The topological polar surface area (TPSA) is 114 Å². The molecule has 2 aliphatic rings. The van der Waals surface area contributed by atoms with E-state index in [1.807, 2.05) is 107 Å². The summed E-state index contributed by atoms with van der Waals surface area (Å²) >= 11 is 0. The van der Waals surface area contributed by atoms with Crippen molar-refractivity contribution in [1.29, 1.82) is 0 Å². The zero-order valence-electron chi connectivity index (χ0n) is 24.9. The number of carboxylic acid groups (broad SMARTS) is 1. The largest absolute Gasteiger partial charge is 0.494 e. The molecule has 1 saturated heterocycles. The van der Waals surface area contributed by atoms with E-state index in [1.54, 1.807) is 0 Å². The highest BCUT2D eigenvalue weighted by molar-refractivity contribution is 6.62. The number of hydrogen-bond acceptors (Lipinski definition) is 6. The van der Waals surface area contributed by atoms with Crippen molar-refractivity contribution in [3.8, 4) is 0 Å². The molecular weight excluding hydrogens is 547 g/mol. The predicted molar refractivity (Wildman–Crippen MR) is 162 cm³/mol. The summed E-state index contributed by atoms with van der Waals surface area (Å²) in [4.78, 5) is 40.4. The average Bonchev–Trinajstić information content (AvgIpc) is 3.21. The standard InChI is InChI=1S/C33H37BN2O7/c1-32(2)33(3,4)43-34(42-32)26-16-14-22(15-17-26)18-27(30(38)39)35-29(37)28-19-24-12-8-9-13-25(24)20-36(28)31(40)41-21-23-10-6-5-7-11-23/h5-17,27-28H,18-21H2,1-4H3,(H,35,37)(H,38,39)/t27-,28-/m0/s1. The van der Waals surface area contributed by atoms with Crippen molar-refractivity contribution in [2.24, 2.45) is 0 Å². The number of nitrogens with zero attached hydrogens (tertiary/aromatic N) is 1. The van der Waals surface area contributed by atoms with Crippen LogP contribution in [0.4, 0.5) is 4.79 Å². The summed E-state index contributed by atoms with van der Waals surface area (Å²) in [5, 5.41) is 12.7. The number of benzene rings is 3. The smallest absolute Gasteiger partial charge is 0.480 e. The lowest BCUT2D eigenvalue weighted by Gasteiger charge is -2.35. The number of carbonyl (C=O) groups excluding carboxylic acids is 2. The first kappa shape index (κ1) is 30.3. The molecule has 5 rings (SSSR count). The third kappa shape index (κ3) is 6.76. The van der Waals surface area contributed by atoms with E-state index in [2.05, 4.69) is 5.32 Å². The minimum absolute atomic E-state index is 0.0613. The van der Waals surface area contributed by atoms with Crippen LogP contribution in [0, 0.1) is 0 Å². The number of carbonyl (C=O) groups is 3. The fourth-order valence-electron chi connectivity index (χ4n) is 5.25. The Bertz CT molecular complexity index is 1460. The Labute approximate surface area is 252 Å². The fourth-order valence-corrected chi connectivity index (χ4v) is 5.25. The number of aliphatic carboxylic acids is 1. The van der Waals surface area contributed by atoms with Gasteiger partial charge in [-0.2, -0.15) is 0 Å². The molecule has 0 unspecified atom stereocenters. The molecule has 0 radical (unpaired) electrons. The minimum atomic E-state index is -1.20. The summed E-state index contributed by atoms with van der Waals surface area (Å²) in [5.41, 5.74) is 3.27. The number of nitrogens with one attached hydrogen (secondary N) is 1. The van der Waals surface area contributed by atoms with Gasteiger partial charge in [0.25, 0.3) is 0 Å². The Morgan fingerprint density at radius 2 is 1.51 bits per heavy atom. The fraction of sp³-hybridized carbons (Fsp3) is 0.364. The van der Waals surface area contributed by atoms with Crippen LogP contribution in [0.3, 0.4) is 0 Å². The molecule has 2 N–H and O–H groups in total. The molecule has 10 heteroatoms. The van der Waals surface area contributed by atoms with Crippen LogP contribution >= 0.6 is 0 Å². The van der Waals surface area contributed by atoms with Crippen LogP contribution in [0.15, 0.2) is 78.9 Å². The maximum absolute atomic E-state index is 13.6. The quantitative estimate of drug-likeness (QED) is 0.387. The lowest BCUT2D eigenvalue weighted by Crippen LogP contribution is -2.56. The van der Waals surface area contributed by atoms with E-state index < -0.39 is 48.4 Å². The van der Waals surface area contributed by atoms with Gasteiger partial charge in [0.1, 0.15) is 18.7 Å². The second-order valence-corrected chi connectivity index (χ2v) is 12.1. The van der Waals surface area contributed by atoms with E-state index in [4.69, 9.17) is 14.0 Å². The number of hydrogen-bond donors (Lipinski definition) is 2. The summed E-state index contributed by atoms with van der Waals surface area (Å²) < 4.78 is 17.8. The van der Waals surface area contributed by atoms with Crippen molar-refractivity contribution in [3.63, 3.8) is 0 Å². The van der Waals surface area contributed by atoms with Gasteiger partial charge < -0.3 is 24.5 Å². The van der Waals surface area contributed by atoms with Crippen LogP contribution in [0.1, 0.15) is 49.9 Å². The van der Waals surface area contributed by atoms with E-state index in [-0.39, 0.29) is 26.0 Å². The van der Waals surface area contributed by atoms with Gasteiger partial charge in [-0.1, -0.05) is 78.9 Å². The van der Waals surface area contributed by atoms with E-state index in [0.29, 0.717) is 0 Å². The number of carboxylic acids is 1. The minimum Gasteiger partial charge on any atom is -0.480 e. The SMILES string of the molecule is CC1(C)OB(c2ccc(C[C@H](NC(=O)[C@@H]3Cc4ccccc4CN3C(=O)OCc3ccccc3)C(=O)O)cc2)OC1(C)C. The summed E-state index contributed by atoms with van der Waals surface area (Å²) in [6, 6.07) is 22.1. The maximum atomic E-state index is 13.6. The van der Waals surface area contributed by atoms with Crippen LogP contribution < -0.4 is 10.8 Å². The average molecular weight is 584 g/mol. The van der Waals surface area contributed by atoms with Gasteiger partial charge in [-0.05, 0) is 55.4 Å². The van der Waals surface area contributed by atoms with Gasteiger partial charge in [-0.25, -0.2) is 9.59 Å². The zero-order chi connectivity index (χ0) is 30.8. The summed E-state index contributed by atoms with van der Waals surface area (Å²) in [5.74, 6) is -1.72. The second kappa shape index (κ2) is 12.2. The Morgan fingerprint density at radius 3 is 2.14 bits per heavy atom. The molecule has 3 aromatic carbocycles. The first-order valence-corrected chi connectivity index (χ1v) is 14.5. The lowest BCUT2D eigenvalue weighted by atomic mass is 9.78. The van der Waals surface area contributed by atoms with E-state index in [0.717, 1.165) is 27.7 Å². The molecule has 9 nitrogen and oxygen atoms in total. The molecule has 3 aromatic rings. The summed E-state index contributed by atoms with van der Waals surface area (Å²) in [6.45, 7) is 8.17. The number of fused-ring (bicyclic) bond motifs is 1. The third-order valence-corrected chi connectivity index (χ3v) is 8.55. The van der Waals surface area contributed by atoms with Crippen molar-refractivity contribution in [2.75, 3.05) is 0 Å². The Kier molecular flexibility index (Phi) is 8.62. The Morgan fingerprint density at radius 1 is 0.907 bits per heavy atom. The molecule has 2 aliphatic heterocycles. The van der Waals surface area contributed by atoms with Crippen LogP contribution in [0.2, 0.25) is 0 Å². The number of ether oxygens (including phenoxy) is 1. The molecular formula is C33H37BN2O7. The molecule has 0 saturated carbocycles. The molecule has 0 aliphatic carbocycles. The van der Waals surface area contributed by atoms with Crippen LogP contribution in [-0.4, -0.2) is 58.4 Å². The molecule has 2 amide bonds. The first-order valence-electron chi connectivity index (χ1n) is 14.5. The number of rotatable bonds is 8. The molecule has 0 bridgehead atoms. The first-order chi connectivity index (χ1) is 20.4. The Hall–Kier alpha value is -4.15. The van der Waals surface area contributed by atoms with Crippen molar-refractivity contribution in [3.05, 3.63) is 101 Å². The van der Waals surface area contributed by atoms with Crippen molar-refractivity contribution < 1.29 is 33.5 Å². The molecule has 224 valence electrons. The molecule has 0 aromatic heterocycles. The highest BCUT2D eigenvalue weighted by atomic mass is 16.7. The van der Waals surface area contributed by atoms with Crippen LogP contribution in [-0.2, 0) is 49.6 Å². The monoisotopic (exact) mass is 584 g/mol. The van der Waals surface area contributed by atoms with Gasteiger partial charge >= 0.3 is 19.2 Å². The lowest BCUT2D eigenvalue weighted by molar-refractivity contribution is -0.142. The molecule has 2 atom stereocenters. The van der Waals surface area contributed by atoms with Gasteiger partial charge in [0.05, 0.1) is 17.7 Å². The highest BCUT2D eigenvalue weighted by Crippen LogP contribution is 2.36. The second-order valence-electron chi connectivity index (χ2n) is 12.1. The zero-order valence-corrected chi connectivity index (χ0v) is 24.9. The summed E-state index contributed by atoms with van der Waals surface area (Å²) in [7, 11) is -0.532.